The Morgan fingerprint density at radius 1 is 1.37 bits per heavy atom. The molecular weight excluding hydrogens is 344 g/mol. The summed E-state index contributed by atoms with van der Waals surface area (Å²) < 4.78 is 5.22. The Morgan fingerprint density at radius 3 is 2.96 bits per heavy atom. The summed E-state index contributed by atoms with van der Waals surface area (Å²) in [6, 6.07) is 11.0. The van der Waals surface area contributed by atoms with E-state index in [1.165, 1.54) is 0 Å². The van der Waals surface area contributed by atoms with Gasteiger partial charge < -0.3 is 15.0 Å². The van der Waals surface area contributed by atoms with Gasteiger partial charge in [0.2, 0.25) is 11.8 Å². The van der Waals surface area contributed by atoms with E-state index < -0.39 is 0 Å². The van der Waals surface area contributed by atoms with Crippen LogP contribution >= 0.6 is 0 Å². The number of pyridine rings is 1. The maximum Gasteiger partial charge on any atom is 0.234 e. The number of benzene rings is 1. The number of likely N-dealkylation sites (N-methyl/N-ethyl adjacent to an activating group) is 1. The fourth-order valence-electron chi connectivity index (χ4n) is 3.21. The molecule has 0 bridgehead atoms. The molecular formula is C20H24N4O3. The smallest absolute Gasteiger partial charge is 0.234 e. The van der Waals surface area contributed by atoms with Crippen molar-refractivity contribution in [3.8, 4) is 5.75 Å². The van der Waals surface area contributed by atoms with E-state index in [2.05, 4.69) is 10.3 Å². The third kappa shape index (κ3) is 5.04. The van der Waals surface area contributed by atoms with E-state index >= 15 is 0 Å². The number of aromatic nitrogens is 1. The van der Waals surface area contributed by atoms with Crippen LogP contribution in [0.1, 0.15) is 12.0 Å². The van der Waals surface area contributed by atoms with Gasteiger partial charge in [-0.2, -0.15) is 0 Å². The monoisotopic (exact) mass is 368 g/mol. The molecule has 1 aliphatic rings. The van der Waals surface area contributed by atoms with Crippen molar-refractivity contribution in [1.82, 2.24) is 15.2 Å². The quantitative estimate of drug-likeness (QED) is 0.801. The number of anilines is 1. The molecule has 7 heteroatoms. The molecule has 2 amide bonds. The molecule has 2 aromatic rings. The first-order valence-electron chi connectivity index (χ1n) is 8.86. The van der Waals surface area contributed by atoms with E-state index in [9.17, 15) is 9.59 Å². The van der Waals surface area contributed by atoms with Crippen LogP contribution in [0.5, 0.6) is 5.75 Å². The summed E-state index contributed by atoms with van der Waals surface area (Å²) in [5.41, 5.74) is 1.83. The minimum atomic E-state index is -0.192. The highest BCUT2D eigenvalue weighted by molar-refractivity contribution is 5.97. The van der Waals surface area contributed by atoms with Crippen molar-refractivity contribution in [2.24, 2.45) is 0 Å². The molecule has 0 aliphatic carbocycles. The Morgan fingerprint density at radius 2 is 2.22 bits per heavy atom. The fraction of sp³-hybridized carbons (Fsp3) is 0.350. The van der Waals surface area contributed by atoms with Gasteiger partial charge in [-0.3, -0.25) is 19.5 Å². The zero-order valence-corrected chi connectivity index (χ0v) is 15.6. The minimum absolute atomic E-state index is 0.00253. The van der Waals surface area contributed by atoms with Gasteiger partial charge in [0.05, 0.1) is 19.7 Å². The van der Waals surface area contributed by atoms with E-state index in [1.54, 1.807) is 24.4 Å². The summed E-state index contributed by atoms with van der Waals surface area (Å²) in [4.78, 5) is 32.4. The van der Waals surface area contributed by atoms with Crippen molar-refractivity contribution in [2.75, 3.05) is 32.1 Å². The van der Waals surface area contributed by atoms with E-state index in [0.717, 1.165) is 11.3 Å². The molecule has 1 aromatic heterocycles. The van der Waals surface area contributed by atoms with Crippen LogP contribution in [0.25, 0.3) is 0 Å². The number of rotatable bonds is 7. The van der Waals surface area contributed by atoms with Gasteiger partial charge in [-0.05, 0) is 30.8 Å². The van der Waals surface area contributed by atoms with Crippen LogP contribution in [0.2, 0.25) is 0 Å². The van der Waals surface area contributed by atoms with Crippen LogP contribution < -0.4 is 15.0 Å². The van der Waals surface area contributed by atoms with Crippen LogP contribution in [-0.4, -0.2) is 55.0 Å². The summed E-state index contributed by atoms with van der Waals surface area (Å²) >= 11 is 0. The predicted molar refractivity (Wildman–Crippen MR) is 102 cm³/mol. The Kier molecular flexibility index (Phi) is 6.03. The molecule has 0 spiro atoms. The molecule has 1 aromatic carbocycles. The lowest BCUT2D eigenvalue weighted by Gasteiger charge is -2.19. The highest BCUT2D eigenvalue weighted by atomic mass is 16.5. The van der Waals surface area contributed by atoms with E-state index in [-0.39, 0.29) is 24.4 Å². The SMILES string of the molecule is COc1cccc(N2CC(NC(=O)CN(C)Cc3cccnc3)CC2=O)c1. The fourth-order valence-corrected chi connectivity index (χ4v) is 3.21. The average molecular weight is 368 g/mol. The number of nitrogens with zero attached hydrogens (tertiary/aromatic N) is 3. The zero-order valence-electron chi connectivity index (χ0n) is 15.6. The van der Waals surface area contributed by atoms with Crippen molar-refractivity contribution in [3.63, 3.8) is 0 Å². The standard InChI is InChI=1S/C20H24N4O3/c1-23(12-15-5-4-8-21-11-15)14-19(25)22-16-9-20(26)24(13-16)17-6-3-7-18(10-17)27-2/h3-8,10-11,16H,9,12-14H2,1-2H3,(H,22,25). The van der Waals surface area contributed by atoms with Crippen LogP contribution in [0.4, 0.5) is 5.69 Å². The molecule has 1 atom stereocenters. The van der Waals surface area contributed by atoms with E-state index in [0.29, 0.717) is 25.3 Å². The Bertz CT molecular complexity index is 797. The van der Waals surface area contributed by atoms with Gasteiger partial charge in [0.25, 0.3) is 0 Å². The Labute approximate surface area is 158 Å². The Hall–Kier alpha value is -2.93. The van der Waals surface area contributed by atoms with Gasteiger partial charge >= 0.3 is 0 Å². The van der Waals surface area contributed by atoms with Crippen molar-refractivity contribution >= 4 is 17.5 Å². The lowest BCUT2D eigenvalue weighted by atomic mass is 10.2. The van der Waals surface area contributed by atoms with Crippen LogP contribution in [0.3, 0.4) is 0 Å². The van der Waals surface area contributed by atoms with Crippen molar-refractivity contribution in [2.45, 2.75) is 19.0 Å². The maximum absolute atomic E-state index is 12.3. The maximum atomic E-state index is 12.3. The third-order valence-electron chi connectivity index (χ3n) is 4.44. The summed E-state index contributed by atoms with van der Waals surface area (Å²) in [7, 11) is 3.48. The summed E-state index contributed by atoms with van der Waals surface area (Å²) in [6.45, 7) is 1.36. The molecule has 1 saturated heterocycles. The lowest BCUT2D eigenvalue weighted by Crippen LogP contribution is -2.42. The highest BCUT2D eigenvalue weighted by Crippen LogP contribution is 2.25. The second-order valence-electron chi connectivity index (χ2n) is 6.71. The first-order chi connectivity index (χ1) is 13.0. The molecule has 142 valence electrons. The molecule has 1 N–H and O–H groups in total. The van der Waals surface area contributed by atoms with Gasteiger partial charge in [-0.25, -0.2) is 0 Å². The predicted octanol–water partition coefficient (Wildman–Crippen LogP) is 1.44. The number of carbonyl (C=O) groups is 2. The van der Waals surface area contributed by atoms with Crippen LogP contribution in [0, 0.1) is 0 Å². The normalized spacial score (nSPS) is 16.6. The number of nitrogens with one attached hydrogen (secondary N) is 1. The topological polar surface area (TPSA) is 74.8 Å². The van der Waals surface area contributed by atoms with E-state index in [1.807, 2.05) is 48.3 Å². The average Bonchev–Trinajstić information content (AvgIpc) is 3.02. The molecule has 1 unspecified atom stereocenters. The molecule has 1 fully saturated rings. The van der Waals surface area contributed by atoms with Crippen LogP contribution in [0.15, 0.2) is 48.8 Å². The lowest BCUT2D eigenvalue weighted by molar-refractivity contribution is -0.122. The van der Waals surface area contributed by atoms with Gasteiger partial charge in [0.1, 0.15) is 5.75 Å². The highest BCUT2D eigenvalue weighted by Gasteiger charge is 2.31. The molecule has 0 radical (unpaired) electrons. The molecule has 3 rings (SSSR count). The van der Waals surface area contributed by atoms with Crippen molar-refractivity contribution in [1.29, 1.82) is 0 Å². The number of hydrogen-bond acceptors (Lipinski definition) is 5. The largest absolute Gasteiger partial charge is 0.497 e. The van der Waals surface area contributed by atoms with Crippen LogP contribution in [-0.2, 0) is 16.1 Å². The summed E-state index contributed by atoms with van der Waals surface area (Å²) in [5, 5.41) is 2.96. The second kappa shape index (κ2) is 8.64. The number of ether oxygens (including phenoxy) is 1. The molecule has 27 heavy (non-hydrogen) atoms. The zero-order chi connectivity index (χ0) is 19.2. The molecule has 2 heterocycles. The third-order valence-corrected chi connectivity index (χ3v) is 4.44. The Balaban J connectivity index is 1.52. The summed E-state index contributed by atoms with van der Waals surface area (Å²) in [5.74, 6) is 0.605. The van der Waals surface area contributed by atoms with Crippen molar-refractivity contribution < 1.29 is 14.3 Å². The number of amides is 2. The first-order valence-corrected chi connectivity index (χ1v) is 8.86. The van der Waals surface area contributed by atoms with Gasteiger partial charge in [-0.1, -0.05) is 12.1 Å². The molecule has 7 nitrogen and oxygen atoms in total. The summed E-state index contributed by atoms with van der Waals surface area (Å²) in [6.07, 6.45) is 3.81. The molecule has 0 saturated carbocycles. The van der Waals surface area contributed by atoms with E-state index in [4.69, 9.17) is 4.74 Å². The molecule has 1 aliphatic heterocycles. The van der Waals surface area contributed by atoms with Crippen molar-refractivity contribution in [3.05, 3.63) is 54.4 Å². The number of carbonyl (C=O) groups excluding carboxylic acids is 2. The minimum Gasteiger partial charge on any atom is -0.497 e. The first kappa shape index (κ1) is 18.8. The van der Waals surface area contributed by atoms with Gasteiger partial charge in [0.15, 0.2) is 0 Å². The van der Waals surface area contributed by atoms with Gasteiger partial charge in [0, 0.05) is 43.7 Å². The second-order valence-corrected chi connectivity index (χ2v) is 6.71. The van der Waals surface area contributed by atoms with Gasteiger partial charge in [-0.15, -0.1) is 0 Å². The number of hydrogen-bond donors (Lipinski definition) is 1. The number of methoxy groups -OCH3 is 1.